The standard InChI is InChI=1S/C21H24N6O3.ClH/c1-21(2,3)20(29)30-17-10-6-15(7-11-17)19-24-26-27(25-19)13-14-4-8-16(9-5-14)23-18(28)12-22;/h4-11H,12-13,22H2,1-3H3,(H,23,28);1H. The molecule has 0 unspecified atom stereocenters. The van der Waals surface area contributed by atoms with E-state index in [1.54, 1.807) is 57.2 Å². The predicted octanol–water partition coefficient (Wildman–Crippen LogP) is 2.66. The highest BCUT2D eigenvalue weighted by Crippen LogP contribution is 2.22. The first kappa shape index (κ1) is 24.0. The lowest BCUT2D eigenvalue weighted by Gasteiger charge is -2.16. The Morgan fingerprint density at radius 2 is 1.71 bits per heavy atom. The highest BCUT2D eigenvalue weighted by atomic mass is 35.5. The number of nitrogens with one attached hydrogen (secondary N) is 1. The number of benzene rings is 2. The van der Waals surface area contributed by atoms with Crippen molar-refractivity contribution in [3.8, 4) is 17.1 Å². The van der Waals surface area contributed by atoms with Crippen molar-refractivity contribution in [2.75, 3.05) is 11.9 Å². The van der Waals surface area contributed by atoms with Crippen molar-refractivity contribution in [2.24, 2.45) is 11.1 Å². The first-order valence-corrected chi connectivity index (χ1v) is 9.44. The van der Waals surface area contributed by atoms with E-state index in [4.69, 9.17) is 10.5 Å². The molecule has 0 aliphatic heterocycles. The molecular formula is C21H25ClN6O3. The van der Waals surface area contributed by atoms with Crippen molar-refractivity contribution in [1.29, 1.82) is 0 Å². The maximum Gasteiger partial charge on any atom is 0.316 e. The average Bonchev–Trinajstić information content (AvgIpc) is 3.17. The van der Waals surface area contributed by atoms with E-state index in [1.165, 1.54) is 4.80 Å². The SMILES string of the molecule is CC(C)(C)C(=O)Oc1ccc(-c2nnn(Cc3ccc(NC(=O)CN)cc3)n2)cc1.Cl. The van der Waals surface area contributed by atoms with E-state index in [-0.39, 0.29) is 30.8 Å². The zero-order valence-electron chi connectivity index (χ0n) is 17.5. The smallest absolute Gasteiger partial charge is 0.316 e. The number of nitrogens with two attached hydrogens (primary N) is 1. The van der Waals surface area contributed by atoms with Gasteiger partial charge in [-0.25, -0.2) is 0 Å². The minimum atomic E-state index is -0.572. The number of aromatic nitrogens is 4. The summed E-state index contributed by atoms with van der Waals surface area (Å²) in [5.41, 5.74) is 7.10. The fourth-order valence-corrected chi connectivity index (χ4v) is 2.43. The molecular weight excluding hydrogens is 420 g/mol. The average molecular weight is 445 g/mol. The quantitative estimate of drug-likeness (QED) is 0.442. The molecule has 0 spiro atoms. The number of carbonyl (C=O) groups is 2. The van der Waals surface area contributed by atoms with Gasteiger partial charge in [-0.2, -0.15) is 4.80 Å². The molecule has 1 amide bonds. The fraction of sp³-hybridized carbons (Fsp3) is 0.286. The number of hydrogen-bond donors (Lipinski definition) is 2. The van der Waals surface area contributed by atoms with Gasteiger partial charge in [-0.15, -0.1) is 22.6 Å². The largest absolute Gasteiger partial charge is 0.426 e. The fourth-order valence-electron chi connectivity index (χ4n) is 2.43. The number of halogens is 1. The second kappa shape index (κ2) is 10.1. The summed E-state index contributed by atoms with van der Waals surface area (Å²) in [6.07, 6.45) is 0. The van der Waals surface area contributed by atoms with Crippen LogP contribution in [0.5, 0.6) is 5.75 Å². The molecule has 0 bridgehead atoms. The Bertz CT molecular complexity index is 1030. The Balaban J connectivity index is 0.00000341. The molecule has 0 fully saturated rings. The number of carbonyl (C=O) groups excluding carboxylic acids is 2. The third-order valence-corrected chi connectivity index (χ3v) is 4.14. The van der Waals surface area contributed by atoms with Gasteiger partial charge in [0.1, 0.15) is 5.75 Å². The van der Waals surface area contributed by atoms with Gasteiger partial charge in [-0.3, -0.25) is 9.59 Å². The van der Waals surface area contributed by atoms with Crippen molar-refractivity contribution in [1.82, 2.24) is 20.2 Å². The van der Waals surface area contributed by atoms with Crippen LogP contribution in [0.25, 0.3) is 11.4 Å². The highest BCUT2D eigenvalue weighted by molar-refractivity contribution is 5.92. The van der Waals surface area contributed by atoms with Crippen molar-refractivity contribution in [3.05, 3.63) is 54.1 Å². The van der Waals surface area contributed by atoms with Gasteiger partial charge in [0, 0.05) is 11.3 Å². The van der Waals surface area contributed by atoms with E-state index >= 15 is 0 Å². The summed E-state index contributed by atoms with van der Waals surface area (Å²) in [5.74, 6) is 0.390. The summed E-state index contributed by atoms with van der Waals surface area (Å²) in [7, 11) is 0. The summed E-state index contributed by atoms with van der Waals surface area (Å²) >= 11 is 0. The summed E-state index contributed by atoms with van der Waals surface area (Å²) in [4.78, 5) is 24.8. The van der Waals surface area contributed by atoms with Gasteiger partial charge in [0.25, 0.3) is 0 Å². The molecule has 2 aromatic carbocycles. The summed E-state index contributed by atoms with van der Waals surface area (Å²) in [5, 5.41) is 15.2. The maximum absolute atomic E-state index is 12.0. The molecule has 0 aliphatic carbocycles. The number of esters is 1. The normalized spacial score (nSPS) is 10.8. The molecule has 1 heterocycles. The minimum absolute atomic E-state index is 0. The van der Waals surface area contributed by atoms with E-state index in [0.717, 1.165) is 11.1 Å². The van der Waals surface area contributed by atoms with Gasteiger partial charge in [-0.1, -0.05) is 12.1 Å². The first-order chi connectivity index (χ1) is 14.2. The molecule has 10 heteroatoms. The van der Waals surface area contributed by atoms with Crippen LogP contribution in [0.1, 0.15) is 26.3 Å². The topological polar surface area (TPSA) is 125 Å². The molecule has 0 atom stereocenters. The van der Waals surface area contributed by atoms with E-state index in [0.29, 0.717) is 23.8 Å². The van der Waals surface area contributed by atoms with Crippen molar-refractivity contribution in [3.63, 3.8) is 0 Å². The predicted molar refractivity (Wildman–Crippen MR) is 119 cm³/mol. The van der Waals surface area contributed by atoms with Crippen molar-refractivity contribution in [2.45, 2.75) is 27.3 Å². The van der Waals surface area contributed by atoms with Crippen molar-refractivity contribution >= 4 is 30.0 Å². The highest BCUT2D eigenvalue weighted by Gasteiger charge is 2.23. The number of nitrogens with zero attached hydrogens (tertiary/aromatic N) is 4. The lowest BCUT2D eigenvalue weighted by molar-refractivity contribution is -0.143. The number of hydrogen-bond acceptors (Lipinski definition) is 7. The van der Waals surface area contributed by atoms with Gasteiger partial charge < -0.3 is 15.8 Å². The lowest BCUT2D eigenvalue weighted by atomic mass is 9.97. The molecule has 1 aromatic heterocycles. The van der Waals surface area contributed by atoms with E-state index in [1.807, 2.05) is 12.1 Å². The minimum Gasteiger partial charge on any atom is -0.426 e. The maximum atomic E-state index is 12.0. The van der Waals surface area contributed by atoms with Gasteiger partial charge in [0.15, 0.2) is 0 Å². The molecule has 31 heavy (non-hydrogen) atoms. The molecule has 0 radical (unpaired) electrons. The van der Waals surface area contributed by atoms with Gasteiger partial charge in [-0.05, 0) is 67.9 Å². The Labute approximate surface area is 186 Å². The van der Waals surface area contributed by atoms with Crippen LogP contribution >= 0.6 is 12.4 Å². The number of anilines is 1. The van der Waals surface area contributed by atoms with Gasteiger partial charge in [0.2, 0.25) is 11.7 Å². The molecule has 164 valence electrons. The van der Waals surface area contributed by atoms with Crippen LogP contribution in [0.4, 0.5) is 5.69 Å². The number of ether oxygens (including phenoxy) is 1. The van der Waals surface area contributed by atoms with Crippen LogP contribution < -0.4 is 15.8 Å². The molecule has 0 aliphatic rings. The monoisotopic (exact) mass is 444 g/mol. The lowest BCUT2D eigenvalue weighted by Crippen LogP contribution is -2.25. The zero-order valence-corrected chi connectivity index (χ0v) is 18.3. The number of amides is 1. The summed E-state index contributed by atoms with van der Waals surface area (Å²) < 4.78 is 5.36. The van der Waals surface area contributed by atoms with Gasteiger partial charge >= 0.3 is 5.97 Å². The molecule has 3 N–H and O–H groups in total. The second-order valence-corrected chi connectivity index (χ2v) is 7.76. The number of tetrazole rings is 1. The Morgan fingerprint density at radius 3 is 2.29 bits per heavy atom. The Hall–Kier alpha value is -3.30. The molecule has 0 saturated carbocycles. The molecule has 3 rings (SSSR count). The second-order valence-electron chi connectivity index (χ2n) is 7.76. The zero-order chi connectivity index (χ0) is 21.7. The summed E-state index contributed by atoms with van der Waals surface area (Å²) in [6, 6.07) is 14.3. The van der Waals surface area contributed by atoms with Crippen LogP contribution in [0.2, 0.25) is 0 Å². The van der Waals surface area contributed by atoms with Crippen LogP contribution in [-0.4, -0.2) is 38.6 Å². The Kier molecular flexibility index (Phi) is 7.84. The molecule has 0 saturated heterocycles. The van der Waals surface area contributed by atoms with E-state index in [2.05, 4.69) is 20.7 Å². The first-order valence-electron chi connectivity index (χ1n) is 9.44. The van der Waals surface area contributed by atoms with Crippen LogP contribution in [0.15, 0.2) is 48.5 Å². The van der Waals surface area contributed by atoms with E-state index < -0.39 is 5.41 Å². The summed E-state index contributed by atoms with van der Waals surface area (Å²) in [6.45, 7) is 5.77. The van der Waals surface area contributed by atoms with Gasteiger partial charge in [0.05, 0.1) is 18.5 Å². The number of rotatable bonds is 6. The van der Waals surface area contributed by atoms with Crippen molar-refractivity contribution < 1.29 is 14.3 Å². The van der Waals surface area contributed by atoms with Crippen LogP contribution in [0, 0.1) is 5.41 Å². The van der Waals surface area contributed by atoms with Crippen LogP contribution in [-0.2, 0) is 16.1 Å². The van der Waals surface area contributed by atoms with E-state index in [9.17, 15) is 9.59 Å². The third kappa shape index (κ3) is 6.59. The Morgan fingerprint density at radius 1 is 1.06 bits per heavy atom. The molecule has 3 aromatic rings. The molecule has 9 nitrogen and oxygen atoms in total. The van der Waals surface area contributed by atoms with Crippen LogP contribution in [0.3, 0.4) is 0 Å². The third-order valence-electron chi connectivity index (χ3n) is 4.14.